The van der Waals surface area contributed by atoms with Crippen LogP contribution in [-0.2, 0) is 19.1 Å². The summed E-state index contributed by atoms with van der Waals surface area (Å²) in [6.45, 7) is 5.99. The Morgan fingerprint density at radius 1 is 1.21 bits per heavy atom. The Morgan fingerprint density at radius 2 is 1.90 bits per heavy atom. The molecule has 0 radical (unpaired) electrons. The highest BCUT2D eigenvalue weighted by molar-refractivity contribution is 7.98. The number of anilines is 1. The molecule has 7 heteroatoms. The lowest BCUT2D eigenvalue weighted by Crippen LogP contribution is -2.51. The maximum Gasteiger partial charge on any atom is 0.312 e. The lowest BCUT2D eigenvalue weighted by molar-refractivity contribution is -0.164. The predicted molar refractivity (Wildman–Crippen MR) is 114 cm³/mol. The number of benzene rings is 1. The molecule has 0 aliphatic carbocycles. The molecule has 6 nitrogen and oxygen atoms in total. The molecule has 2 fully saturated rings. The fourth-order valence-corrected chi connectivity index (χ4v) is 4.73. The Balaban J connectivity index is 1.62. The summed E-state index contributed by atoms with van der Waals surface area (Å²) in [5.41, 5.74) is 0.789. The van der Waals surface area contributed by atoms with Gasteiger partial charge in [0, 0.05) is 35.6 Å². The molecular formula is C22H30N2O4S. The number of piperidine rings is 1. The van der Waals surface area contributed by atoms with Crippen molar-refractivity contribution in [3.8, 4) is 0 Å². The number of nitrogens with zero attached hydrogens (tertiary/aromatic N) is 2. The molecule has 2 aliphatic heterocycles. The van der Waals surface area contributed by atoms with Crippen LogP contribution in [0.15, 0.2) is 29.2 Å². The second kappa shape index (κ2) is 9.20. The third-order valence-electron chi connectivity index (χ3n) is 5.91. The third kappa shape index (κ3) is 4.77. The minimum atomic E-state index is -0.838. The van der Waals surface area contributed by atoms with Crippen LogP contribution in [0.4, 0.5) is 5.69 Å². The van der Waals surface area contributed by atoms with Crippen LogP contribution in [0.3, 0.4) is 0 Å². The van der Waals surface area contributed by atoms with Gasteiger partial charge in [0.15, 0.2) is 6.10 Å². The van der Waals surface area contributed by atoms with Crippen LogP contribution in [0.1, 0.15) is 46.5 Å². The molecule has 158 valence electrons. The molecule has 2 heterocycles. The molecular weight excluding hydrogens is 388 g/mol. The monoisotopic (exact) mass is 418 g/mol. The number of rotatable bonds is 5. The number of esters is 1. The molecule has 0 saturated carbocycles. The van der Waals surface area contributed by atoms with Crippen molar-refractivity contribution < 1.29 is 19.1 Å². The maximum absolute atomic E-state index is 12.9. The van der Waals surface area contributed by atoms with E-state index in [1.54, 1.807) is 23.6 Å². The topological polar surface area (TPSA) is 66.9 Å². The van der Waals surface area contributed by atoms with E-state index in [0.717, 1.165) is 29.8 Å². The summed E-state index contributed by atoms with van der Waals surface area (Å²) in [5.74, 6) is -1.26. The van der Waals surface area contributed by atoms with E-state index in [4.69, 9.17) is 4.74 Å². The molecule has 2 saturated heterocycles. The van der Waals surface area contributed by atoms with Gasteiger partial charge in [-0.25, -0.2) is 0 Å². The quantitative estimate of drug-likeness (QED) is 0.541. The molecule has 4 unspecified atom stereocenters. The van der Waals surface area contributed by atoms with Crippen molar-refractivity contribution in [1.82, 2.24) is 4.90 Å². The van der Waals surface area contributed by atoms with Gasteiger partial charge in [-0.15, -0.1) is 11.8 Å². The zero-order chi connectivity index (χ0) is 21.1. The van der Waals surface area contributed by atoms with Crippen LogP contribution in [0.5, 0.6) is 0 Å². The Labute approximate surface area is 176 Å². The smallest absolute Gasteiger partial charge is 0.312 e. The van der Waals surface area contributed by atoms with Crippen molar-refractivity contribution in [2.75, 3.05) is 17.7 Å². The molecule has 0 bridgehead atoms. The lowest BCUT2D eigenvalue weighted by atomic mass is 9.97. The van der Waals surface area contributed by atoms with E-state index in [-0.39, 0.29) is 36.9 Å². The van der Waals surface area contributed by atoms with Gasteiger partial charge >= 0.3 is 5.97 Å². The molecule has 0 spiro atoms. The van der Waals surface area contributed by atoms with Crippen molar-refractivity contribution in [1.29, 1.82) is 0 Å². The van der Waals surface area contributed by atoms with Crippen LogP contribution >= 0.6 is 11.8 Å². The average Bonchev–Trinajstić information content (AvgIpc) is 3.09. The molecule has 2 aliphatic rings. The highest BCUT2D eigenvalue weighted by atomic mass is 32.2. The highest BCUT2D eigenvalue weighted by Crippen LogP contribution is 2.29. The van der Waals surface area contributed by atoms with Crippen molar-refractivity contribution in [3.63, 3.8) is 0 Å². The van der Waals surface area contributed by atoms with Gasteiger partial charge in [-0.05, 0) is 64.5 Å². The van der Waals surface area contributed by atoms with E-state index in [1.807, 2.05) is 49.3 Å². The summed E-state index contributed by atoms with van der Waals surface area (Å²) in [6.07, 6.45) is 4.30. The van der Waals surface area contributed by atoms with E-state index < -0.39 is 18.0 Å². The molecule has 4 atom stereocenters. The summed E-state index contributed by atoms with van der Waals surface area (Å²) in [5, 5.41) is 0. The molecule has 29 heavy (non-hydrogen) atoms. The Morgan fingerprint density at radius 3 is 2.55 bits per heavy atom. The number of amides is 2. The lowest BCUT2D eigenvalue weighted by Gasteiger charge is -2.40. The number of likely N-dealkylation sites (tertiary alicyclic amines) is 1. The van der Waals surface area contributed by atoms with E-state index in [0.29, 0.717) is 0 Å². The fourth-order valence-electron chi connectivity index (χ4n) is 4.28. The van der Waals surface area contributed by atoms with Gasteiger partial charge in [-0.1, -0.05) is 6.07 Å². The van der Waals surface area contributed by atoms with E-state index >= 15 is 0 Å². The number of carbonyl (C=O) groups is 3. The Hall–Kier alpha value is -2.02. The number of hydrogen-bond donors (Lipinski definition) is 0. The number of hydrogen-bond acceptors (Lipinski definition) is 5. The summed E-state index contributed by atoms with van der Waals surface area (Å²) >= 11 is 1.60. The van der Waals surface area contributed by atoms with Crippen LogP contribution in [0.25, 0.3) is 0 Å². The van der Waals surface area contributed by atoms with Gasteiger partial charge in [-0.3, -0.25) is 14.4 Å². The maximum atomic E-state index is 12.9. The number of thioether (sulfide) groups is 1. The minimum absolute atomic E-state index is 0.0949. The van der Waals surface area contributed by atoms with E-state index in [1.165, 1.54) is 0 Å². The number of ether oxygens (including phenoxy) is 1. The predicted octanol–water partition coefficient (Wildman–Crippen LogP) is 3.48. The Bertz CT molecular complexity index is 774. The minimum Gasteiger partial charge on any atom is -0.452 e. The van der Waals surface area contributed by atoms with Gasteiger partial charge in [0.25, 0.3) is 5.91 Å². The van der Waals surface area contributed by atoms with Gasteiger partial charge in [0.1, 0.15) is 0 Å². The molecule has 1 aromatic rings. The van der Waals surface area contributed by atoms with Crippen LogP contribution in [-0.4, -0.2) is 53.7 Å². The first-order valence-electron chi connectivity index (χ1n) is 10.3. The second-order valence-electron chi connectivity index (χ2n) is 8.06. The van der Waals surface area contributed by atoms with Crippen molar-refractivity contribution >= 4 is 35.2 Å². The summed E-state index contributed by atoms with van der Waals surface area (Å²) < 4.78 is 5.51. The first-order chi connectivity index (χ1) is 13.8. The molecule has 2 amide bonds. The highest BCUT2D eigenvalue weighted by Gasteiger charge is 2.39. The standard InChI is InChI=1S/C22H30N2O4S/c1-14-7-5-8-15(2)24(14)21(26)16(3)28-22(27)17-11-20(25)23(13-17)18-9-6-10-19(12-18)29-4/h6,9-10,12,14-17H,5,7-8,11,13H2,1-4H3. The largest absolute Gasteiger partial charge is 0.452 e. The molecule has 0 aromatic heterocycles. The van der Waals surface area contributed by atoms with Crippen LogP contribution in [0.2, 0.25) is 0 Å². The van der Waals surface area contributed by atoms with Gasteiger partial charge < -0.3 is 14.5 Å². The summed E-state index contributed by atoms with van der Waals surface area (Å²) in [7, 11) is 0. The normalized spacial score (nSPS) is 25.8. The first-order valence-corrected chi connectivity index (χ1v) is 11.5. The summed E-state index contributed by atoms with van der Waals surface area (Å²) in [6, 6.07) is 8.01. The average molecular weight is 419 g/mol. The molecule has 3 rings (SSSR count). The summed E-state index contributed by atoms with van der Waals surface area (Å²) in [4.78, 5) is 42.6. The van der Waals surface area contributed by atoms with Crippen LogP contribution in [0, 0.1) is 5.92 Å². The van der Waals surface area contributed by atoms with Crippen LogP contribution < -0.4 is 4.90 Å². The third-order valence-corrected chi connectivity index (χ3v) is 6.64. The SMILES string of the molecule is CSc1cccc(N2CC(C(=O)OC(C)C(=O)N3C(C)CCCC3C)CC2=O)c1. The Kier molecular flexibility index (Phi) is 6.88. The van der Waals surface area contributed by atoms with Gasteiger partial charge in [0.05, 0.1) is 5.92 Å². The van der Waals surface area contributed by atoms with E-state index in [9.17, 15) is 14.4 Å². The zero-order valence-corrected chi connectivity index (χ0v) is 18.4. The molecule has 1 aromatic carbocycles. The van der Waals surface area contributed by atoms with Crippen molar-refractivity contribution in [2.24, 2.45) is 5.92 Å². The fraction of sp³-hybridized carbons (Fsp3) is 0.591. The van der Waals surface area contributed by atoms with Gasteiger partial charge in [-0.2, -0.15) is 0 Å². The van der Waals surface area contributed by atoms with E-state index in [2.05, 4.69) is 0 Å². The first kappa shape index (κ1) is 21.7. The van der Waals surface area contributed by atoms with Gasteiger partial charge in [0.2, 0.25) is 5.91 Å². The molecule has 0 N–H and O–H groups in total. The second-order valence-corrected chi connectivity index (χ2v) is 8.94. The van der Waals surface area contributed by atoms with Crippen molar-refractivity contribution in [2.45, 2.75) is 69.5 Å². The zero-order valence-electron chi connectivity index (χ0n) is 17.6. The van der Waals surface area contributed by atoms with Crippen molar-refractivity contribution in [3.05, 3.63) is 24.3 Å². The number of carbonyl (C=O) groups excluding carboxylic acids is 3.